The highest BCUT2D eigenvalue weighted by atomic mass is 16.5. The third-order valence-electron chi connectivity index (χ3n) is 3.47. The van der Waals surface area contributed by atoms with E-state index in [1.165, 1.54) is 18.5 Å². The molecule has 1 aliphatic heterocycles. The molecule has 0 amide bonds. The van der Waals surface area contributed by atoms with E-state index < -0.39 is 0 Å². The lowest BCUT2D eigenvalue weighted by atomic mass is 10.1. The second-order valence-corrected chi connectivity index (χ2v) is 5.05. The third-order valence-corrected chi connectivity index (χ3v) is 3.47. The summed E-state index contributed by atoms with van der Waals surface area (Å²) in [6, 6.07) is 8.45. The average molecular weight is 258 g/mol. The summed E-state index contributed by atoms with van der Waals surface area (Å²) in [7, 11) is 1.78. The first-order valence-electron chi connectivity index (χ1n) is 6.81. The van der Waals surface area contributed by atoms with Crippen LogP contribution in [0.4, 0.5) is 0 Å². The van der Waals surface area contributed by atoms with Crippen LogP contribution in [0.2, 0.25) is 0 Å². The fourth-order valence-electron chi connectivity index (χ4n) is 2.53. The minimum absolute atomic E-state index is 0.413. The second-order valence-electron chi connectivity index (χ2n) is 5.05. The van der Waals surface area contributed by atoms with Crippen molar-refractivity contribution >= 4 is 0 Å². The Morgan fingerprint density at radius 1 is 1.37 bits per heavy atom. The van der Waals surface area contributed by atoms with Gasteiger partial charge < -0.3 is 10.5 Å². The van der Waals surface area contributed by atoms with Gasteiger partial charge in [0.2, 0.25) is 0 Å². The molecule has 3 heteroatoms. The highest BCUT2D eigenvalue weighted by molar-refractivity contribution is 5.36. The summed E-state index contributed by atoms with van der Waals surface area (Å²) < 4.78 is 5.23. The van der Waals surface area contributed by atoms with Crippen LogP contribution < -0.4 is 5.73 Å². The molecular weight excluding hydrogens is 236 g/mol. The number of likely N-dealkylation sites (tertiary alicyclic amines) is 1. The van der Waals surface area contributed by atoms with Crippen molar-refractivity contribution in [3.8, 4) is 11.8 Å². The van der Waals surface area contributed by atoms with Crippen molar-refractivity contribution in [3.63, 3.8) is 0 Å². The highest BCUT2D eigenvalue weighted by Gasteiger charge is 2.21. The standard InChI is InChI=1S/C16H22N2O/c1-19-13-16-8-10-18(12-16)11-15-6-4-14(5-7-15)3-2-9-17/h4-7,16H,8-13,17H2,1H3. The van der Waals surface area contributed by atoms with Gasteiger partial charge in [0.15, 0.2) is 0 Å². The second kappa shape index (κ2) is 7.30. The van der Waals surface area contributed by atoms with Gasteiger partial charge in [0, 0.05) is 25.8 Å². The fraction of sp³-hybridized carbons (Fsp3) is 0.500. The van der Waals surface area contributed by atoms with Gasteiger partial charge in [-0.05, 0) is 36.6 Å². The van der Waals surface area contributed by atoms with Crippen LogP contribution in [-0.2, 0) is 11.3 Å². The van der Waals surface area contributed by atoms with E-state index in [0.29, 0.717) is 12.5 Å². The van der Waals surface area contributed by atoms with E-state index in [4.69, 9.17) is 10.5 Å². The van der Waals surface area contributed by atoms with Crippen molar-refractivity contribution in [3.05, 3.63) is 35.4 Å². The lowest BCUT2D eigenvalue weighted by Gasteiger charge is -2.15. The number of ether oxygens (including phenoxy) is 1. The Labute approximate surface area is 115 Å². The Bertz CT molecular complexity index is 444. The van der Waals surface area contributed by atoms with E-state index in [-0.39, 0.29) is 0 Å². The van der Waals surface area contributed by atoms with Gasteiger partial charge in [0.25, 0.3) is 0 Å². The van der Waals surface area contributed by atoms with E-state index in [1.54, 1.807) is 7.11 Å². The molecule has 0 radical (unpaired) electrons. The zero-order chi connectivity index (χ0) is 13.5. The monoisotopic (exact) mass is 258 g/mol. The first-order valence-corrected chi connectivity index (χ1v) is 6.81. The molecule has 1 heterocycles. The summed E-state index contributed by atoms with van der Waals surface area (Å²) >= 11 is 0. The number of rotatable bonds is 4. The molecule has 0 saturated carbocycles. The Hall–Kier alpha value is -1.34. The molecular formula is C16H22N2O. The van der Waals surface area contributed by atoms with E-state index in [1.807, 2.05) is 0 Å². The summed E-state index contributed by atoms with van der Waals surface area (Å²) in [5.41, 5.74) is 7.74. The Kier molecular flexibility index (Phi) is 5.41. The lowest BCUT2D eigenvalue weighted by Crippen LogP contribution is -2.21. The molecule has 2 N–H and O–H groups in total. The van der Waals surface area contributed by atoms with Gasteiger partial charge in [-0.1, -0.05) is 24.0 Å². The third kappa shape index (κ3) is 4.36. The summed E-state index contributed by atoms with van der Waals surface area (Å²) in [5, 5.41) is 0. The van der Waals surface area contributed by atoms with E-state index in [2.05, 4.69) is 41.0 Å². The predicted molar refractivity (Wildman–Crippen MR) is 77.6 cm³/mol. The van der Waals surface area contributed by atoms with Crippen LogP contribution in [0, 0.1) is 17.8 Å². The van der Waals surface area contributed by atoms with Gasteiger partial charge in [-0.15, -0.1) is 0 Å². The molecule has 1 aromatic carbocycles. The molecule has 1 aliphatic rings. The molecule has 0 bridgehead atoms. The van der Waals surface area contributed by atoms with Crippen molar-refractivity contribution in [2.45, 2.75) is 13.0 Å². The summed E-state index contributed by atoms with van der Waals surface area (Å²) in [4.78, 5) is 2.49. The molecule has 1 fully saturated rings. The van der Waals surface area contributed by atoms with E-state index >= 15 is 0 Å². The van der Waals surface area contributed by atoms with Gasteiger partial charge in [-0.3, -0.25) is 4.90 Å². The van der Waals surface area contributed by atoms with Crippen molar-refractivity contribution in [2.24, 2.45) is 11.7 Å². The molecule has 0 aromatic heterocycles. The number of hydrogen-bond acceptors (Lipinski definition) is 3. The molecule has 0 spiro atoms. The summed E-state index contributed by atoms with van der Waals surface area (Å²) in [6.45, 7) is 4.62. The molecule has 1 saturated heterocycles. The normalized spacial score (nSPS) is 19.2. The Morgan fingerprint density at radius 2 is 2.16 bits per heavy atom. The van der Waals surface area contributed by atoms with Crippen molar-refractivity contribution in [1.29, 1.82) is 0 Å². The number of methoxy groups -OCH3 is 1. The summed E-state index contributed by atoms with van der Waals surface area (Å²) in [6.07, 6.45) is 1.24. The molecule has 1 unspecified atom stereocenters. The maximum atomic E-state index is 5.36. The lowest BCUT2D eigenvalue weighted by molar-refractivity contribution is 0.152. The van der Waals surface area contributed by atoms with Gasteiger partial charge in [0.1, 0.15) is 0 Å². The fourth-order valence-corrected chi connectivity index (χ4v) is 2.53. The number of hydrogen-bond donors (Lipinski definition) is 1. The SMILES string of the molecule is COCC1CCN(Cc2ccc(C#CCN)cc2)C1. The zero-order valence-corrected chi connectivity index (χ0v) is 11.6. The van der Waals surface area contributed by atoms with E-state index in [0.717, 1.165) is 25.3 Å². The van der Waals surface area contributed by atoms with Crippen LogP contribution in [0.15, 0.2) is 24.3 Å². The zero-order valence-electron chi connectivity index (χ0n) is 11.6. The van der Waals surface area contributed by atoms with Gasteiger partial charge in [0.05, 0.1) is 13.2 Å². The highest BCUT2D eigenvalue weighted by Crippen LogP contribution is 2.18. The topological polar surface area (TPSA) is 38.5 Å². The molecule has 3 nitrogen and oxygen atoms in total. The smallest absolute Gasteiger partial charge is 0.0555 e. The van der Waals surface area contributed by atoms with Crippen LogP contribution in [-0.4, -0.2) is 38.3 Å². The minimum Gasteiger partial charge on any atom is -0.384 e. The Balaban J connectivity index is 1.86. The van der Waals surface area contributed by atoms with Crippen molar-refractivity contribution in [2.75, 3.05) is 33.4 Å². The first-order chi connectivity index (χ1) is 9.31. The molecule has 2 rings (SSSR count). The first kappa shape index (κ1) is 14.1. The summed E-state index contributed by atoms with van der Waals surface area (Å²) in [5.74, 6) is 6.61. The van der Waals surface area contributed by atoms with E-state index in [9.17, 15) is 0 Å². The average Bonchev–Trinajstić information content (AvgIpc) is 2.86. The van der Waals surface area contributed by atoms with Gasteiger partial charge in [-0.2, -0.15) is 0 Å². The minimum atomic E-state index is 0.413. The van der Waals surface area contributed by atoms with Crippen molar-refractivity contribution < 1.29 is 4.74 Å². The van der Waals surface area contributed by atoms with Crippen LogP contribution in [0.3, 0.4) is 0 Å². The number of benzene rings is 1. The van der Waals surface area contributed by atoms with Gasteiger partial charge >= 0.3 is 0 Å². The van der Waals surface area contributed by atoms with Crippen LogP contribution in [0.5, 0.6) is 0 Å². The van der Waals surface area contributed by atoms with Crippen LogP contribution in [0.1, 0.15) is 17.5 Å². The maximum absolute atomic E-state index is 5.36. The molecule has 102 valence electrons. The molecule has 1 aromatic rings. The maximum Gasteiger partial charge on any atom is 0.0555 e. The molecule has 19 heavy (non-hydrogen) atoms. The van der Waals surface area contributed by atoms with Crippen molar-refractivity contribution in [1.82, 2.24) is 4.90 Å². The molecule has 0 aliphatic carbocycles. The van der Waals surface area contributed by atoms with Crippen LogP contribution in [0.25, 0.3) is 0 Å². The number of nitrogens with two attached hydrogens (primary N) is 1. The quantitative estimate of drug-likeness (QED) is 0.831. The predicted octanol–water partition coefficient (Wildman–Crippen LogP) is 1.47. The largest absolute Gasteiger partial charge is 0.384 e. The molecule has 1 atom stereocenters. The van der Waals surface area contributed by atoms with Crippen LogP contribution >= 0.6 is 0 Å². The number of nitrogens with zero attached hydrogens (tertiary/aromatic N) is 1. The Morgan fingerprint density at radius 3 is 2.84 bits per heavy atom. The van der Waals surface area contributed by atoms with Gasteiger partial charge in [-0.25, -0.2) is 0 Å².